The van der Waals surface area contributed by atoms with Gasteiger partial charge in [-0.1, -0.05) is 0 Å². The van der Waals surface area contributed by atoms with E-state index in [1.165, 1.54) is 16.2 Å². The number of thiazole rings is 1. The van der Waals surface area contributed by atoms with E-state index in [1.54, 1.807) is 5.51 Å². The highest BCUT2D eigenvalue weighted by atomic mass is 32.1. The number of hydrogen-bond acceptors (Lipinski definition) is 4. The number of allylic oxidation sites excluding steroid dienone is 1. The van der Waals surface area contributed by atoms with Crippen molar-refractivity contribution in [3.8, 4) is 0 Å². The molecule has 20 heavy (non-hydrogen) atoms. The normalized spacial score (nSPS) is 17.0. The van der Waals surface area contributed by atoms with Crippen LogP contribution < -0.4 is 4.90 Å². The maximum atomic E-state index is 12.0. The predicted octanol–water partition coefficient (Wildman–Crippen LogP) is 2.22. The number of hydrogen-bond donors (Lipinski definition) is 0. The van der Waals surface area contributed by atoms with Crippen LogP contribution in [-0.2, 0) is 4.79 Å². The Kier molecular flexibility index (Phi) is 4.32. The van der Waals surface area contributed by atoms with Gasteiger partial charge < -0.3 is 9.80 Å². The molecule has 1 fully saturated rings. The summed E-state index contributed by atoms with van der Waals surface area (Å²) in [6.07, 6.45) is -3.88. The molecule has 1 saturated heterocycles. The minimum absolute atomic E-state index is 0.0188. The van der Waals surface area contributed by atoms with Gasteiger partial charge in [-0.2, -0.15) is 13.2 Å². The van der Waals surface area contributed by atoms with Crippen molar-refractivity contribution in [1.29, 1.82) is 0 Å². The Hall–Kier alpha value is -1.57. The lowest BCUT2D eigenvalue weighted by atomic mass is 10.3. The number of amides is 1. The quantitative estimate of drug-likeness (QED) is 0.786. The molecule has 8 heteroatoms. The summed E-state index contributed by atoms with van der Waals surface area (Å²) < 4.78 is 36.0. The Morgan fingerprint density at radius 3 is 2.50 bits per heavy atom. The van der Waals surface area contributed by atoms with Crippen LogP contribution in [0.15, 0.2) is 17.7 Å². The summed E-state index contributed by atoms with van der Waals surface area (Å²) in [7, 11) is 0. The lowest BCUT2D eigenvalue weighted by Crippen LogP contribution is -2.48. The van der Waals surface area contributed by atoms with E-state index in [1.807, 2.05) is 6.92 Å². The number of aryl methyl sites for hydroxylation is 1. The zero-order chi connectivity index (χ0) is 14.8. The molecule has 1 aliphatic heterocycles. The molecule has 0 radical (unpaired) electrons. The van der Waals surface area contributed by atoms with Crippen LogP contribution >= 0.6 is 11.3 Å². The molecule has 1 aliphatic rings. The van der Waals surface area contributed by atoms with Crippen molar-refractivity contribution < 1.29 is 18.0 Å². The highest BCUT2D eigenvalue weighted by molar-refractivity contribution is 7.14. The van der Waals surface area contributed by atoms with Crippen LogP contribution in [0.3, 0.4) is 0 Å². The average molecular weight is 305 g/mol. The fourth-order valence-electron chi connectivity index (χ4n) is 2.00. The maximum Gasteiger partial charge on any atom is 0.409 e. The molecule has 0 aliphatic carbocycles. The first-order valence-electron chi connectivity index (χ1n) is 6.07. The van der Waals surface area contributed by atoms with E-state index in [2.05, 4.69) is 9.88 Å². The molecule has 2 rings (SSSR count). The lowest BCUT2D eigenvalue weighted by molar-refractivity contribution is -0.127. The first-order valence-corrected chi connectivity index (χ1v) is 6.95. The molecule has 0 spiro atoms. The number of nitrogens with zero attached hydrogens (tertiary/aromatic N) is 3. The Morgan fingerprint density at radius 2 is 2.00 bits per heavy atom. The number of rotatable bonds is 2. The van der Waals surface area contributed by atoms with Crippen molar-refractivity contribution in [2.24, 2.45) is 0 Å². The largest absolute Gasteiger partial charge is 0.409 e. The summed E-state index contributed by atoms with van der Waals surface area (Å²) in [4.78, 5) is 19.3. The van der Waals surface area contributed by atoms with Gasteiger partial charge >= 0.3 is 6.18 Å². The number of anilines is 1. The van der Waals surface area contributed by atoms with Crippen LogP contribution in [0.5, 0.6) is 0 Å². The first-order chi connectivity index (χ1) is 9.37. The van der Waals surface area contributed by atoms with Crippen LogP contribution in [0.1, 0.15) is 5.69 Å². The summed E-state index contributed by atoms with van der Waals surface area (Å²) in [6.45, 7) is 3.95. The summed E-state index contributed by atoms with van der Waals surface area (Å²) in [6, 6.07) is 0. The van der Waals surface area contributed by atoms with Gasteiger partial charge in [-0.25, -0.2) is 4.98 Å². The van der Waals surface area contributed by atoms with Gasteiger partial charge in [0.05, 0.1) is 11.2 Å². The van der Waals surface area contributed by atoms with E-state index in [4.69, 9.17) is 0 Å². The molecule has 110 valence electrons. The number of alkyl halides is 3. The van der Waals surface area contributed by atoms with Crippen LogP contribution in [0, 0.1) is 6.92 Å². The smallest absolute Gasteiger partial charge is 0.358 e. The van der Waals surface area contributed by atoms with Crippen LogP contribution in [0.4, 0.5) is 18.2 Å². The Morgan fingerprint density at radius 1 is 1.35 bits per heavy atom. The summed E-state index contributed by atoms with van der Waals surface area (Å²) in [5, 5.41) is 1.06. The second kappa shape index (κ2) is 5.82. The SMILES string of the molecule is Cc1ncsc1N1CCN(C(=O)/C=C/C(F)(F)F)CC1. The molecule has 2 heterocycles. The van der Waals surface area contributed by atoms with E-state index in [9.17, 15) is 18.0 Å². The van der Waals surface area contributed by atoms with Gasteiger partial charge in [-0.15, -0.1) is 11.3 Å². The van der Waals surface area contributed by atoms with Gasteiger partial charge in [-0.3, -0.25) is 4.79 Å². The molecule has 4 nitrogen and oxygen atoms in total. The maximum absolute atomic E-state index is 12.0. The molecular formula is C12H14F3N3OS. The van der Waals surface area contributed by atoms with Crippen LogP contribution in [0.25, 0.3) is 0 Å². The molecule has 1 aromatic rings. The second-order valence-corrected chi connectivity index (χ2v) is 5.26. The number of halogens is 3. The van der Waals surface area contributed by atoms with E-state index < -0.39 is 12.1 Å². The van der Waals surface area contributed by atoms with E-state index in [0.29, 0.717) is 32.3 Å². The molecule has 0 saturated carbocycles. The third-order valence-electron chi connectivity index (χ3n) is 3.01. The summed E-state index contributed by atoms with van der Waals surface area (Å²) in [5.74, 6) is -0.594. The fourth-order valence-corrected chi connectivity index (χ4v) is 2.87. The third-order valence-corrected chi connectivity index (χ3v) is 4.00. The Bertz CT molecular complexity index is 504. The molecular weight excluding hydrogens is 291 g/mol. The first kappa shape index (κ1) is 14.8. The van der Waals surface area contributed by atoms with Gasteiger partial charge in [0, 0.05) is 38.3 Å². The molecule has 0 atom stereocenters. The number of piperazine rings is 1. The standard InChI is InChI=1S/C12H14F3N3OS/c1-9-11(20-8-16-9)18-6-4-17(5-7-18)10(19)2-3-12(13,14)15/h2-3,8H,4-7H2,1H3/b3-2+. The average Bonchev–Trinajstić information content (AvgIpc) is 2.81. The van der Waals surface area contributed by atoms with Crippen molar-refractivity contribution >= 4 is 22.2 Å². The second-order valence-electron chi connectivity index (χ2n) is 4.43. The summed E-state index contributed by atoms with van der Waals surface area (Å²) >= 11 is 1.53. The van der Waals surface area contributed by atoms with E-state index in [0.717, 1.165) is 10.7 Å². The highest BCUT2D eigenvalue weighted by Gasteiger charge is 2.25. The van der Waals surface area contributed by atoms with Crippen molar-refractivity contribution in [1.82, 2.24) is 9.88 Å². The zero-order valence-electron chi connectivity index (χ0n) is 10.9. The minimum atomic E-state index is -4.45. The third kappa shape index (κ3) is 3.72. The van der Waals surface area contributed by atoms with Crippen LogP contribution in [-0.4, -0.2) is 48.1 Å². The zero-order valence-corrected chi connectivity index (χ0v) is 11.7. The van der Waals surface area contributed by atoms with Crippen molar-refractivity contribution in [2.75, 3.05) is 31.1 Å². The van der Waals surface area contributed by atoms with Gasteiger partial charge in [0.15, 0.2) is 0 Å². The molecule has 1 aromatic heterocycles. The predicted molar refractivity (Wildman–Crippen MR) is 70.8 cm³/mol. The van der Waals surface area contributed by atoms with Gasteiger partial charge in [0.2, 0.25) is 5.91 Å². The van der Waals surface area contributed by atoms with Crippen molar-refractivity contribution in [2.45, 2.75) is 13.1 Å². The van der Waals surface area contributed by atoms with Crippen LogP contribution in [0.2, 0.25) is 0 Å². The Balaban J connectivity index is 1.90. The van der Waals surface area contributed by atoms with Crippen molar-refractivity contribution in [3.05, 3.63) is 23.4 Å². The fraction of sp³-hybridized carbons (Fsp3) is 0.500. The number of aromatic nitrogens is 1. The van der Waals surface area contributed by atoms with Gasteiger partial charge in [0.1, 0.15) is 5.00 Å². The Labute approximate surface area is 118 Å². The molecule has 0 unspecified atom stereocenters. The lowest BCUT2D eigenvalue weighted by Gasteiger charge is -2.35. The topological polar surface area (TPSA) is 36.4 Å². The number of carbonyl (C=O) groups is 1. The van der Waals surface area contributed by atoms with Gasteiger partial charge in [-0.05, 0) is 6.92 Å². The minimum Gasteiger partial charge on any atom is -0.358 e. The molecule has 0 N–H and O–H groups in total. The summed E-state index contributed by atoms with van der Waals surface area (Å²) in [5.41, 5.74) is 2.69. The highest BCUT2D eigenvalue weighted by Crippen LogP contribution is 2.25. The van der Waals surface area contributed by atoms with E-state index >= 15 is 0 Å². The molecule has 1 amide bonds. The van der Waals surface area contributed by atoms with Gasteiger partial charge in [0.25, 0.3) is 0 Å². The van der Waals surface area contributed by atoms with Crippen molar-refractivity contribution in [3.63, 3.8) is 0 Å². The molecule has 0 bridgehead atoms. The molecule has 0 aromatic carbocycles. The van der Waals surface area contributed by atoms with E-state index in [-0.39, 0.29) is 6.08 Å². The monoisotopic (exact) mass is 305 g/mol. The number of carbonyl (C=O) groups excluding carboxylic acids is 1.